The lowest BCUT2D eigenvalue weighted by Crippen LogP contribution is -2.56. The number of nitrogens with one attached hydrogen (secondary N) is 1. The van der Waals surface area contributed by atoms with Gasteiger partial charge in [0.15, 0.2) is 0 Å². The number of carbonyl (C=O) groups is 2. The first-order valence-corrected chi connectivity index (χ1v) is 16.0. The number of benzene rings is 3. The van der Waals surface area contributed by atoms with Crippen molar-refractivity contribution in [3.05, 3.63) is 87.9 Å². The van der Waals surface area contributed by atoms with Crippen LogP contribution >= 0.6 is 23.2 Å². The summed E-state index contributed by atoms with van der Waals surface area (Å²) in [6.45, 7) is 4.81. The summed E-state index contributed by atoms with van der Waals surface area (Å²) >= 11 is 12.6. The molecule has 3 rings (SSSR count). The largest absolute Gasteiger partial charge is 0.497 e. The molecule has 0 radical (unpaired) electrons. The number of nitrogens with zero attached hydrogens (tertiary/aromatic N) is 2. The van der Waals surface area contributed by atoms with Crippen LogP contribution in [0.15, 0.2) is 66.7 Å². The van der Waals surface area contributed by atoms with E-state index in [2.05, 4.69) is 5.32 Å². The van der Waals surface area contributed by atoms with E-state index in [1.165, 1.54) is 25.2 Å². The Morgan fingerprint density at radius 1 is 0.953 bits per heavy atom. The summed E-state index contributed by atoms with van der Waals surface area (Å²) < 4.78 is 37.9. The molecule has 9 nitrogen and oxygen atoms in total. The van der Waals surface area contributed by atoms with Gasteiger partial charge in [-0.1, -0.05) is 59.6 Å². The molecule has 0 bridgehead atoms. The van der Waals surface area contributed by atoms with E-state index in [4.69, 9.17) is 32.7 Å². The molecule has 0 heterocycles. The summed E-state index contributed by atoms with van der Waals surface area (Å²) in [6.07, 6.45) is 1.16. The first-order chi connectivity index (χ1) is 20.1. The van der Waals surface area contributed by atoms with Crippen LogP contribution in [0, 0.1) is 0 Å². The van der Waals surface area contributed by atoms with E-state index >= 15 is 0 Å². The molecule has 232 valence electrons. The van der Waals surface area contributed by atoms with Crippen molar-refractivity contribution in [2.75, 3.05) is 31.3 Å². The molecule has 0 saturated carbocycles. The molecule has 0 aromatic heterocycles. The van der Waals surface area contributed by atoms with Gasteiger partial charge in [0.05, 0.1) is 26.2 Å². The molecular weight excluding hydrogens is 613 g/mol. The van der Waals surface area contributed by atoms with E-state index in [1.54, 1.807) is 30.3 Å². The molecule has 0 spiro atoms. The van der Waals surface area contributed by atoms with Crippen molar-refractivity contribution in [2.45, 2.75) is 45.3 Å². The van der Waals surface area contributed by atoms with Crippen LogP contribution in [0.1, 0.15) is 31.9 Å². The Morgan fingerprint density at radius 2 is 1.63 bits per heavy atom. The molecule has 0 aliphatic carbocycles. The van der Waals surface area contributed by atoms with Crippen molar-refractivity contribution in [2.24, 2.45) is 0 Å². The summed E-state index contributed by atoms with van der Waals surface area (Å²) in [5.41, 5.74) is 0.851. The number of hydrogen-bond acceptors (Lipinski definition) is 6. The van der Waals surface area contributed by atoms with E-state index < -0.39 is 40.0 Å². The Balaban J connectivity index is 2.15. The van der Waals surface area contributed by atoms with Gasteiger partial charge >= 0.3 is 0 Å². The molecule has 12 heteroatoms. The van der Waals surface area contributed by atoms with E-state index in [9.17, 15) is 18.0 Å². The van der Waals surface area contributed by atoms with Crippen LogP contribution in [0.25, 0.3) is 0 Å². The second kappa shape index (κ2) is 14.3. The smallest absolute Gasteiger partial charge is 0.244 e. The van der Waals surface area contributed by atoms with E-state index in [0.717, 1.165) is 16.1 Å². The van der Waals surface area contributed by atoms with Gasteiger partial charge in [-0.25, -0.2) is 8.42 Å². The average Bonchev–Trinajstić information content (AvgIpc) is 2.93. The Kier molecular flexibility index (Phi) is 11.3. The minimum atomic E-state index is -4.02. The van der Waals surface area contributed by atoms with Gasteiger partial charge in [-0.3, -0.25) is 13.9 Å². The van der Waals surface area contributed by atoms with Crippen molar-refractivity contribution < 1.29 is 27.5 Å². The van der Waals surface area contributed by atoms with Gasteiger partial charge in [0.1, 0.15) is 24.1 Å². The molecule has 0 fully saturated rings. The summed E-state index contributed by atoms with van der Waals surface area (Å²) in [5, 5.41) is 3.69. The lowest BCUT2D eigenvalue weighted by atomic mass is 10.0. The predicted octanol–water partition coefficient (Wildman–Crippen LogP) is 5.33. The zero-order chi connectivity index (χ0) is 31.9. The summed E-state index contributed by atoms with van der Waals surface area (Å²) in [6, 6.07) is 17.7. The summed E-state index contributed by atoms with van der Waals surface area (Å²) in [4.78, 5) is 29.5. The third-order valence-electron chi connectivity index (χ3n) is 6.46. The molecule has 0 unspecified atom stereocenters. The van der Waals surface area contributed by atoms with Gasteiger partial charge in [0, 0.05) is 34.6 Å². The molecule has 1 N–H and O–H groups in total. The summed E-state index contributed by atoms with van der Waals surface area (Å²) in [5.74, 6) is -0.447. The number of anilines is 1. The van der Waals surface area contributed by atoms with E-state index in [1.807, 2.05) is 51.1 Å². The van der Waals surface area contributed by atoms with Crippen LogP contribution < -0.4 is 19.1 Å². The van der Waals surface area contributed by atoms with Gasteiger partial charge < -0.3 is 19.7 Å². The Bertz CT molecular complexity index is 1540. The second-order valence-corrected chi connectivity index (χ2v) is 13.8. The molecule has 3 aromatic carbocycles. The standard InChI is InChI=1S/C31H37Cl2N3O6S/c1-31(2,3)34-30(38)27(16-21-10-8-7-9-11-21)35(19-22-12-13-23(32)17-25(22)33)29(37)20-36(43(6,39)40)26-18-24(41-4)14-15-28(26)42-5/h7-15,17-18,27H,16,19-20H2,1-6H3,(H,34,38)/t27-/m1/s1. The van der Waals surface area contributed by atoms with Crippen molar-refractivity contribution in [3.8, 4) is 11.5 Å². The average molecular weight is 651 g/mol. The quantitative estimate of drug-likeness (QED) is 0.284. The fourth-order valence-electron chi connectivity index (χ4n) is 4.43. The van der Waals surface area contributed by atoms with Crippen molar-refractivity contribution in [1.29, 1.82) is 0 Å². The number of ether oxygens (including phenoxy) is 2. The van der Waals surface area contributed by atoms with Crippen LogP contribution in [0.2, 0.25) is 10.0 Å². The topological polar surface area (TPSA) is 105 Å². The minimum Gasteiger partial charge on any atom is -0.497 e. The highest BCUT2D eigenvalue weighted by Crippen LogP contribution is 2.34. The van der Waals surface area contributed by atoms with Crippen molar-refractivity contribution >= 4 is 50.7 Å². The molecular formula is C31H37Cl2N3O6S. The van der Waals surface area contributed by atoms with Gasteiger partial charge in [-0.2, -0.15) is 0 Å². The summed E-state index contributed by atoms with van der Waals surface area (Å²) in [7, 11) is -1.17. The molecule has 2 amide bonds. The first kappa shape index (κ1) is 34.0. The maximum absolute atomic E-state index is 14.3. The van der Waals surface area contributed by atoms with Gasteiger partial charge in [-0.15, -0.1) is 0 Å². The number of carbonyl (C=O) groups excluding carboxylic acids is 2. The number of methoxy groups -OCH3 is 2. The van der Waals surface area contributed by atoms with Gasteiger partial charge in [-0.05, 0) is 56.2 Å². The Hall–Kier alpha value is -3.47. The lowest BCUT2D eigenvalue weighted by Gasteiger charge is -2.35. The number of amides is 2. The van der Waals surface area contributed by atoms with Crippen molar-refractivity contribution in [1.82, 2.24) is 10.2 Å². The maximum atomic E-state index is 14.3. The number of halogens is 2. The third kappa shape index (κ3) is 9.51. The molecule has 0 aliphatic rings. The monoisotopic (exact) mass is 649 g/mol. The van der Waals surface area contributed by atoms with Crippen LogP contribution in [-0.4, -0.2) is 63.7 Å². The van der Waals surface area contributed by atoms with Crippen LogP contribution in [-0.2, 0) is 32.6 Å². The number of rotatable bonds is 12. The van der Waals surface area contributed by atoms with Gasteiger partial charge in [0.2, 0.25) is 21.8 Å². The normalized spacial score (nSPS) is 12.3. The minimum absolute atomic E-state index is 0.0866. The SMILES string of the molecule is COc1ccc(OC)c(N(CC(=O)N(Cc2ccc(Cl)cc2Cl)[C@H](Cc2ccccc2)C(=O)NC(C)(C)C)S(C)(=O)=O)c1. The fraction of sp³-hybridized carbons (Fsp3) is 0.355. The van der Waals surface area contributed by atoms with E-state index in [0.29, 0.717) is 21.4 Å². The highest BCUT2D eigenvalue weighted by molar-refractivity contribution is 7.92. The molecule has 3 aromatic rings. The Labute approximate surface area is 263 Å². The zero-order valence-electron chi connectivity index (χ0n) is 25.1. The molecule has 1 atom stereocenters. The van der Waals surface area contributed by atoms with E-state index in [-0.39, 0.29) is 24.4 Å². The van der Waals surface area contributed by atoms with Crippen LogP contribution in [0.4, 0.5) is 5.69 Å². The highest BCUT2D eigenvalue weighted by atomic mass is 35.5. The van der Waals surface area contributed by atoms with Crippen LogP contribution in [0.3, 0.4) is 0 Å². The number of hydrogen-bond donors (Lipinski definition) is 1. The maximum Gasteiger partial charge on any atom is 0.244 e. The lowest BCUT2D eigenvalue weighted by molar-refractivity contribution is -0.140. The fourth-order valence-corrected chi connectivity index (χ4v) is 5.74. The highest BCUT2D eigenvalue weighted by Gasteiger charge is 2.35. The first-order valence-electron chi connectivity index (χ1n) is 13.4. The molecule has 0 saturated heterocycles. The second-order valence-electron chi connectivity index (χ2n) is 11.0. The molecule has 0 aliphatic heterocycles. The van der Waals surface area contributed by atoms with Gasteiger partial charge in [0.25, 0.3) is 0 Å². The third-order valence-corrected chi connectivity index (χ3v) is 8.17. The van der Waals surface area contributed by atoms with Crippen molar-refractivity contribution in [3.63, 3.8) is 0 Å². The zero-order valence-corrected chi connectivity index (χ0v) is 27.4. The predicted molar refractivity (Wildman–Crippen MR) is 171 cm³/mol. The van der Waals surface area contributed by atoms with Crippen LogP contribution in [0.5, 0.6) is 11.5 Å². The molecule has 43 heavy (non-hydrogen) atoms. The number of sulfonamides is 1. The Morgan fingerprint density at radius 3 is 2.19 bits per heavy atom.